The van der Waals surface area contributed by atoms with Crippen LogP contribution in [0.4, 0.5) is 11.4 Å². The molecule has 0 fully saturated rings. The van der Waals surface area contributed by atoms with Gasteiger partial charge in [-0.3, -0.25) is 9.59 Å². The molecule has 9 heteroatoms. The van der Waals surface area contributed by atoms with Gasteiger partial charge in [-0.15, -0.1) is 0 Å². The molecule has 0 aliphatic carbocycles. The van der Waals surface area contributed by atoms with Crippen molar-refractivity contribution in [1.82, 2.24) is 5.32 Å². The lowest BCUT2D eigenvalue weighted by Crippen LogP contribution is -2.31. The molecule has 1 atom stereocenters. The molecule has 192 valence electrons. The van der Waals surface area contributed by atoms with Crippen LogP contribution < -0.4 is 16.0 Å². The Morgan fingerprint density at radius 3 is 2.29 bits per heavy atom. The Morgan fingerprint density at radius 1 is 0.974 bits per heavy atom. The van der Waals surface area contributed by atoms with Crippen LogP contribution in [0, 0.1) is 18.3 Å². The highest BCUT2D eigenvalue weighted by atomic mass is 35.5. The molecule has 0 bridgehead atoms. The third-order valence-corrected chi connectivity index (χ3v) is 7.37. The van der Waals surface area contributed by atoms with E-state index in [9.17, 15) is 14.9 Å². The molecule has 0 radical (unpaired) electrons. The summed E-state index contributed by atoms with van der Waals surface area (Å²) in [6.07, 6.45) is 0. The van der Waals surface area contributed by atoms with Crippen LogP contribution in [-0.2, 0) is 9.59 Å². The first-order valence-corrected chi connectivity index (χ1v) is 13.4. The van der Waals surface area contributed by atoms with Crippen molar-refractivity contribution in [2.24, 2.45) is 0 Å². The normalized spacial score (nSPS) is 15.0. The number of dihydropyridines is 1. The molecule has 2 amide bonds. The maximum atomic E-state index is 13.6. The van der Waals surface area contributed by atoms with Gasteiger partial charge in [0.1, 0.15) is 0 Å². The highest BCUT2D eigenvalue weighted by Gasteiger charge is 2.35. The average Bonchev–Trinajstić information content (AvgIpc) is 2.88. The highest BCUT2D eigenvalue weighted by molar-refractivity contribution is 8.03. The van der Waals surface area contributed by atoms with E-state index >= 15 is 0 Å². The maximum absolute atomic E-state index is 13.6. The Kier molecular flexibility index (Phi) is 8.80. The zero-order valence-corrected chi connectivity index (χ0v) is 23.0. The lowest BCUT2D eigenvalue weighted by Gasteiger charge is -2.30. The number of nitrogens with zero attached hydrogens (tertiary/aromatic N) is 1. The van der Waals surface area contributed by atoms with Crippen LogP contribution in [0.25, 0.3) is 0 Å². The molecular weight excluding hydrogens is 539 g/mol. The average molecular weight is 564 g/mol. The second-order valence-electron chi connectivity index (χ2n) is 8.63. The minimum Gasteiger partial charge on any atom is -0.353 e. The Hall–Kier alpha value is -3.70. The number of aryl methyl sites for hydroxylation is 1. The Labute approximate surface area is 235 Å². The molecule has 1 aliphatic rings. The molecule has 0 saturated heterocycles. The molecule has 3 aromatic rings. The first kappa shape index (κ1) is 27.3. The Bertz CT molecular complexity index is 1480. The van der Waals surface area contributed by atoms with Gasteiger partial charge in [0.2, 0.25) is 5.91 Å². The fraction of sp³-hybridized carbons (Fsp3) is 0.138. The first-order valence-electron chi connectivity index (χ1n) is 11.7. The minimum atomic E-state index is -0.608. The zero-order chi connectivity index (χ0) is 27.2. The molecule has 3 aromatic carbocycles. The van der Waals surface area contributed by atoms with Crippen LogP contribution in [0.5, 0.6) is 0 Å². The van der Waals surface area contributed by atoms with E-state index in [2.05, 4.69) is 22.0 Å². The van der Waals surface area contributed by atoms with E-state index in [1.165, 1.54) is 11.8 Å². The van der Waals surface area contributed by atoms with Crippen molar-refractivity contribution in [3.05, 3.63) is 116 Å². The number of thioether (sulfide) groups is 1. The summed E-state index contributed by atoms with van der Waals surface area (Å²) < 4.78 is 0. The van der Waals surface area contributed by atoms with Crippen molar-refractivity contribution >= 4 is 58.2 Å². The fourth-order valence-corrected chi connectivity index (χ4v) is 5.59. The molecule has 4 rings (SSSR count). The number of halogens is 2. The number of para-hydroxylation sites is 1. The molecule has 6 nitrogen and oxygen atoms in total. The summed E-state index contributed by atoms with van der Waals surface area (Å²) in [6, 6.07) is 24.0. The largest absolute Gasteiger partial charge is 0.353 e. The van der Waals surface area contributed by atoms with Gasteiger partial charge in [0, 0.05) is 32.7 Å². The van der Waals surface area contributed by atoms with Crippen molar-refractivity contribution in [2.45, 2.75) is 19.8 Å². The molecule has 0 saturated carbocycles. The summed E-state index contributed by atoms with van der Waals surface area (Å²) in [7, 11) is 0. The number of anilines is 2. The van der Waals surface area contributed by atoms with Crippen LogP contribution in [-0.4, -0.2) is 17.6 Å². The highest BCUT2D eigenvalue weighted by Crippen LogP contribution is 2.41. The Balaban J connectivity index is 1.61. The van der Waals surface area contributed by atoms with Gasteiger partial charge in [-0.25, -0.2) is 0 Å². The number of amides is 2. The maximum Gasteiger partial charge on any atom is 0.254 e. The summed E-state index contributed by atoms with van der Waals surface area (Å²) in [4.78, 5) is 26.3. The number of hydrogen-bond acceptors (Lipinski definition) is 5. The van der Waals surface area contributed by atoms with E-state index in [-0.39, 0.29) is 17.6 Å². The zero-order valence-electron chi connectivity index (χ0n) is 20.6. The second kappa shape index (κ2) is 12.2. The Morgan fingerprint density at radius 2 is 1.63 bits per heavy atom. The number of hydrogen-bond donors (Lipinski definition) is 3. The van der Waals surface area contributed by atoms with E-state index in [4.69, 9.17) is 23.2 Å². The van der Waals surface area contributed by atoms with Crippen molar-refractivity contribution in [1.29, 1.82) is 5.26 Å². The molecule has 1 heterocycles. The summed E-state index contributed by atoms with van der Waals surface area (Å²) in [5.74, 6) is -1.17. The molecule has 0 unspecified atom stereocenters. The minimum absolute atomic E-state index is 0.0250. The van der Waals surface area contributed by atoms with E-state index < -0.39 is 5.92 Å². The van der Waals surface area contributed by atoms with Crippen molar-refractivity contribution in [3.8, 4) is 6.07 Å². The number of rotatable bonds is 7. The summed E-state index contributed by atoms with van der Waals surface area (Å²) in [6.45, 7) is 3.72. The van der Waals surface area contributed by atoms with Crippen LogP contribution in [0.1, 0.15) is 24.0 Å². The monoisotopic (exact) mass is 562 g/mol. The molecular formula is C29H24Cl2N4O2S. The van der Waals surface area contributed by atoms with E-state index in [1.807, 2.05) is 61.5 Å². The smallest absolute Gasteiger partial charge is 0.254 e. The lowest BCUT2D eigenvalue weighted by atomic mass is 9.82. The SMILES string of the molecule is CC1=C(C(=O)Nc2ccccc2C)[C@H](c2ccccc2)C(C#N)=C(SCC(=O)Nc2cc(Cl)cc(Cl)c2)N1. The summed E-state index contributed by atoms with van der Waals surface area (Å²) in [5, 5.41) is 20.5. The van der Waals surface area contributed by atoms with Gasteiger partial charge in [-0.05, 0) is 49.2 Å². The van der Waals surface area contributed by atoms with Gasteiger partial charge in [0.05, 0.1) is 28.3 Å². The van der Waals surface area contributed by atoms with Gasteiger partial charge in [-0.1, -0.05) is 83.5 Å². The predicted molar refractivity (Wildman–Crippen MR) is 155 cm³/mol. The van der Waals surface area contributed by atoms with E-state index in [1.54, 1.807) is 25.1 Å². The van der Waals surface area contributed by atoms with Crippen molar-refractivity contribution < 1.29 is 9.59 Å². The molecule has 0 spiro atoms. The van der Waals surface area contributed by atoms with Crippen LogP contribution in [0.3, 0.4) is 0 Å². The number of nitriles is 1. The third kappa shape index (κ3) is 6.40. The van der Waals surface area contributed by atoms with Gasteiger partial charge in [0.15, 0.2) is 0 Å². The fourth-order valence-electron chi connectivity index (χ4n) is 4.17. The van der Waals surface area contributed by atoms with Gasteiger partial charge < -0.3 is 16.0 Å². The quantitative estimate of drug-likeness (QED) is 0.288. The first-order chi connectivity index (χ1) is 18.3. The third-order valence-electron chi connectivity index (χ3n) is 5.91. The predicted octanol–water partition coefficient (Wildman–Crippen LogP) is 7.01. The number of carbonyl (C=O) groups is 2. The summed E-state index contributed by atoms with van der Waals surface area (Å²) in [5.41, 5.74) is 4.32. The van der Waals surface area contributed by atoms with Gasteiger partial charge in [0.25, 0.3) is 5.91 Å². The number of carbonyl (C=O) groups excluding carboxylic acids is 2. The second-order valence-corrected chi connectivity index (χ2v) is 10.5. The number of benzene rings is 3. The van der Waals surface area contributed by atoms with Gasteiger partial charge >= 0.3 is 0 Å². The van der Waals surface area contributed by atoms with Crippen LogP contribution >= 0.6 is 35.0 Å². The molecule has 38 heavy (non-hydrogen) atoms. The lowest BCUT2D eigenvalue weighted by molar-refractivity contribution is -0.114. The van der Waals surface area contributed by atoms with E-state index in [0.29, 0.717) is 43.3 Å². The van der Waals surface area contributed by atoms with Crippen LogP contribution in [0.15, 0.2) is 94.7 Å². The standard InChI is InChI=1S/C29H24Cl2N4O2S/c1-17-8-6-7-11-24(17)35-28(37)26-18(2)33-29(23(15-32)27(26)19-9-4-3-5-10-19)38-16-25(36)34-22-13-20(30)12-21(31)14-22/h3-14,27,33H,16H2,1-2H3,(H,34,36)(H,35,37)/t27-/m1/s1. The topological polar surface area (TPSA) is 94.0 Å². The van der Waals surface area contributed by atoms with Gasteiger partial charge in [-0.2, -0.15) is 5.26 Å². The van der Waals surface area contributed by atoms with Crippen molar-refractivity contribution in [3.63, 3.8) is 0 Å². The van der Waals surface area contributed by atoms with Crippen molar-refractivity contribution in [2.75, 3.05) is 16.4 Å². The molecule has 0 aromatic heterocycles. The molecule has 3 N–H and O–H groups in total. The van der Waals surface area contributed by atoms with E-state index in [0.717, 1.165) is 11.1 Å². The number of allylic oxidation sites excluding steroid dienone is 2. The number of nitrogens with one attached hydrogen (secondary N) is 3. The van der Waals surface area contributed by atoms with Crippen LogP contribution in [0.2, 0.25) is 10.0 Å². The molecule has 1 aliphatic heterocycles. The summed E-state index contributed by atoms with van der Waals surface area (Å²) >= 11 is 13.2.